The lowest BCUT2D eigenvalue weighted by atomic mass is 9.87. The van der Waals surface area contributed by atoms with Crippen molar-refractivity contribution in [3.05, 3.63) is 56.9 Å². The van der Waals surface area contributed by atoms with Crippen LogP contribution in [0, 0.1) is 10.1 Å². The number of hydrogen-bond acceptors (Lipinski definition) is 5. The highest BCUT2D eigenvalue weighted by Gasteiger charge is 2.42. The zero-order chi connectivity index (χ0) is 18.8. The Morgan fingerprint density at radius 3 is 2.48 bits per heavy atom. The number of aromatic nitrogens is 2. The van der Waals surface area contributed by atoms with Crippen LogP contribution in [0.2, 0.25) is 5.02 Å². The second-order valence-electron chi connectivity index (χ2n) is 5.32. The molecule has 2 N–H and O–H groups in total. The van der Waals surface area contributed by atoms with E-state index in [9.17, 15) is 24.8 Å². The van der Waals surface area contributed by atoms with Gasteiger partial charge in [-0.25, -0.2) is 4.79 Å². The third-order valence-corrected chi connectivity index (χ3v) is 4.03. The van der Waals surface area contributed by atoms with Crippen molar-refractivity contribution in [1.82, 2.24) is 15.1 Å². The quantitative estimate of drug-likeness (QED) is 0.595. The van der Waals surface area contributed by atoms with Crippen LogP contribution in [0.15, 0.2) is 30.5 Å². The van der Waals surface area contributed by atoms with Crippen LogP contribution in [0.3, 0.4) is 0 Å². The molecule has 0 saturated carbocycles. The fraction of sp³-hybridized carbons (Fsp3) is 0.267. The number of halogens is 1. The van der Waals surface area contributed by atoms with Crippen LogP contribution in [-0.2, 0) is 17.4 Å². The Balaban J connectivity index is 2.48. The van der Waals surface area contributed by atoms with E-state index in [2.05, 4.69) is 10.4 Å². The number of nitro groups is 1. The van der Waals surface area contributed by atoms with Crippen LogP contribution in [0.5, 0.6) is 0 Å². The van der Waals surface area contributed by atoms with Crippen LogP contribution >= 0.6 is 11.6 Å². The molecule has 25 heavy (non-hydrogen) atoms. The van der Waals surface area contributed by atoms with E-state index < -0.39 is 33.7 Å². The van der Waals surface area contributed by atoms with E-state index in [1.54, 1.807) is 6.92 Å². The highest BCUT2D eigenvalue weighted by atomic mass is 35.5. The molecule has 0 aliphatic heterocycles. The number of aryl methyl sites for hydroxylation is 1. The number of carbonyl (C=O) groups excluding carboxylic acids is 1. The molecule has 0 aliphatic rings. The molecule has 1 aromatic heterocycles. The van der Waals surface area contributed by atoms with Gasteiger partial charge in [0.2, 0.25) is 5.69 Å². The molecule has 9 nitrogen and oxygen atoms in total. The van der Waals surface area contributed by atoms with Gasteiger partial charge in [0.25, 0.3) is 5.91 Å². The van der Waals surface area contributed by atoms with E-state index in [0.717, 1.165) is 10.9 Å². The second-order valence-corrected chi connectivity index (χ2v) is 5.76. The number of amides is 1. The smallest absolute Gasteiger partial charge is 0.334 e. The van der Waals surface area contributed by atoms with Gasteiger partial charge < -0.3 is 10.4 Å². The van der Waals surface area contributed by atoms with Crippen LogP contribution in [0.1, 0.15) is 29.4 Å². The Bertz CT molecular complexity index is 833. The molecule has 0 aliphatic carbocycles. The summed E-state index contributed by atoms with van der Waals surface area (Å²) >= 11 is 5.82. The SMILES string of the molecule is CCC(NC(=O)c1nn(C)cc1[N+](=O)[O-])(C(=O)O)c1ccc(Cl)cc1. The van der Waals surface area contributed by atoms with E-state index in [-0.39, 0.29) is 6.42 Å². The van der Waals surface area contributed by atoms with Crippen molar-refractivity contribution in [2.45, 2.75) is 18.9 Å². The molecule has 0 fully saturated rings. The summed E-state index contributed by atoms with van der Waals surface area (Å²) in [6, 6.07) is 5.96. The molecule has 1 unspecified atom stereocenters. The van der Waals surface area contributed by atoms with Crippen molar-refractivity contribution in [1.29, 1.82) is 0 Å². The summed E-state index contributed by atoms with van der Waals surface area (Å²) in [4.78, 5) is 34.7. The zero-order valence-electron chi connectivity index (χ0n) is 13.4. The van der Waals surface area contributed by atoms with Gasteiger partial charge >= 0.3 is 11.7 Å². The van der Waals surface area contributed by atoms with Crippen LogP contribution < -0.4 is 5.32 Å². The lowest BCUT2D eigenvalue weighted by Crippen LogP contribution is -2.51. The average Bonchev–Trinajstić information content (AvgIpc) is 2.95. The Labute approximate surface area is 147 Å². The minimum absolute atomic E-state index is 0.0103. The molecule has 132 valence electrons. The number of hydrogen-bond donors (Lipinski definition) is 2. The minimum atomic E-state index is -1.77. The number of nitrogens with one attached hydrogen (secondary N) is 1. The number of carbonyl (C=O) groups is 2. The first-order chi connectivity index (χ1) is 11.7. The molecule has 0 radical (unpaired) electrons. The van der Waals surface area contributed by atoms with Gasteiger partial charge in [0.05, 0.1) is 4.92 Å². The van der Waals surface area contributed by atoms with E-state index in [1.807, 2.05) is 0 Å². The fourth-order valence-corrected chi connectivity index (χ4v) is 2.58. The Morgan fingerprint density at radius 1 is 1.40 bits per heavy atom. The number of benzene rings is 1. The van der Waals surface area contributed by atoms with Crippen molar-refractivity contribution >= 4 is 29.2 Å². The van der Waals surface area contributed by atoms with Gasteiger partial charge in [-0.1, -0.05) is 30.7 Å². The molecule has 1 heterocycles. The highest BCUT2D eigenvalue weighted by Crippen LogP contribution is 2.28. The van der Waals surface area contributed by atoms with Gasteiger partial charge in [0, 0.05) is 12.1 Å². The number of rotatable bonds is 6. The van der Waals surface area contributed by atoms with Crippen LogP contribution in [0.4, 0.5) is 5.69 Å². The van der Waals surface area contributed by atoms with Gasteiger partial charge in [-0.3, -0.25) is 19.6 Å². The molecule has 1 aromatic carbocycles. The molecule has 2 rings (SSSR count). The lowest BCUT2D eigenvalue weighted by Gasteiger charge is -2.29. The summed E-state index contributed by atoms with van der Waals surface area (Å²) in [5, 5.41) is 27.3. The lowest BCUT2D eigenvalue weighted by molar-refractivity contribution is -0.385. The Hall–Kier alpha value is -2.94. The maximum absolute atomic E-state index is 12.5. The van der Waals surface area contributed by atoms with Crippen molar-refractivity contribution in [3.63, 3.8) is 0 Å². The number of carboxylic acid groups (broad SMARTS) is 1. The van der Waals surface area contributed by atoms with E-state index >= 15 is 0 Å². The molecule has 2 aromatic rings. The number of carboxylic acids is 1. The van der Waals surface area contributed by atoms with Gasteiger partial charge in [-0.2, -0.15) is 5.10 Å². The van der Waals surface area contributed by atoms with Gasteiger partial charge in [0.15, 0.2) is 5.54 Å². The number of nitrogens with zero attached hydrogens (tertiary/aromatic N) is 3. The minimum Gasteiger partial charge on any atom is -0.479 e. The van der Waals surface area contributed by atoms with Crippen LogP contribution in [-0.4, -0.2) is 31.7 Å². The zero-order valence-corrected chi connectivity index (χ0v) is 14.1. The number of aliphatic carboxylic acids is 1. The maximum atomic E-state index is 12.5. The normalized spacial score (nSPS) is 13.1. The van der Waals surface area contributed by atoms with E-state index in [1.165, 1.54) is 31.3 Å². The first-order valence-electron chi connectivity index (χ1n) is 7.21. The summed E-state index contributed by atoms with van der Waals surface area (Å²) in [6.45, 7) is 1.58. The Kier molecular flexibility index (Phi) is 5.07. The largest absolute Gasteiger partial charge is 0.479 e. The fourth-order valence-electron chi connectivity index (χ4n) is 2.45. The summed E-state index contributed by atoms with van der Waals surface area (Å²) in [5.74, 6) is -2.25. The summed E-state index contributed by atoms with van der Waals surface area (Å²) < 4.78 is 1.11. The monoisotopic (exact) mass is 366 g/mol. The molecular formula is C15H15ClN4O5. The van der Waals surface area contributed by atoms with Gasteiger partial charge in [0.1, 0.15) is 6.20 Å². The summed E-state index contributed by atoms with van der Waals surface area (Å²) in [7, 11) is 1.42. The van der Waals surface area contributed by atoms with E-state index in [0.29, 0.717) is 10.6 Å². The third kappa shape index (κ3) is 3.45. The van der Waals surface area contributed by atoms with Crippen molar-refractivity contribution in [2.75, 3.05) is 0 Å². The van der Waals surface area contributed by atoms with Crippen molar-refractivity contribution in [3.8, 4) is 0 Å². The second kappa shape index (κ2) is 6.89. The molecule has 0 bridgehead atoms. The van der Waals surface area contributed by atoms with Crippen LogP contribution in [0.25, 0.3) is 0 Å². The topological polar surface area (TPSA) is 127 Å². The van der Waals surface area contributed by atoms with Crippen molar-refractivity contribution < 1.29 is 19.6 Å². The first-order valence-corrected chi connectivity index (χ1v) is 7.59. The Morgan fingerprint density at radius 2 is 2.00 bits per heavy atom. The summed E-state index contributed by atoms with van der Waals surface area (Å²) in [6.07, 6.45) is 1.09. The maximum Gasteiger partial charge on any atom is 0.334 e. The predicted molar refractivity (Wildman–Crippen MR) is 88.4 cm³/mol. The highest BCUT2D eigenvalue weighted by molar-refractivity contribution is 6.30. The molecule has 1 atom stereocenters. The predicted octanol–water partition coefficient (Wildman–Crippen LogP) is 2.10. The average molecular weight is 367 g/mol. The molecule has 0 saturated heterocycles. The van der Waals surface area contributed by atoms with Gasteiger partial charge in [-0.05, 0) is 24.1 Å². The first kappa shape index (κ1) is 18.4. The third-order valence-electron chi connectivity index (χ3n) is 3.78. The molecule has 10 heteroatoms. The molecular weight excluding hydrogens is 352 g/mol. The molecule has 1 amide bonds. The standard InChI is InChI=1S/C15H15ClN4O5/c1-3-15(14(22)23,9-4-6-10(16)7-5-9)17-13(21)12-11(20(24)25)8-19(2)18-12/h4-8H,3H2,1-2H3,(H,17,21)(H,22,23). The van der Waals surface area contributed by atoms with Gasteiger partial charge in [-0.15, -0.1) is 0 Å². The van der Waals surface area contributed by atoms with E-state index in [4.69, 9.17) is 11.6 Å². The van der Waals surface area contributed by atoms with Crippen molar-refractivity contribution in [2.24, 2.45) is 7.05 Å². The molecule has 0 spiro atoms. The summed E-state index contributed by atoms with van der Waals surface area (Å²) in [5.41, 5.74) is -2.45.